The van der Waals surface area contributed by atoms with E-state index in [4.69, 9.17) is 0 Å². The first kappa shape index (κ1) is 14.3. The van der Waals surface area contributed by atoms with Gasteiger partial charge < -0.3 is 15.2 Å². The van der Waals surface area contributed by atoms with Crippen molar-refractivity contribution in [2.45, 2.75) is 6.42 Å². The molecule has 0 aliphatic heterocycles. The van der Waals surface area contributed by atoms with Gasteiger partial charge >= 0.3 is 0 Å². The van der Waals surface area contributed by atoms with E-state index in [1.807, 2.05) is 18.3 Å². The summed E-state index contributed by atoms with van der Waals surface area (Å²) < 4.78 is 0. The number of hydrogen-bond acceptors (Lipinski definition) is 4. The van der Waals surface area contributed by atoms with Crippen LogP contribution in [0.15, 0.2) is 58.9 Å². The second-order valence-electron chi connectivity index (χ2n) is 5.67. The van der Waals surface area contributed by atoms with Crippen LogP contribution in [0.4, 0.5) is 0 Å². The molecule has 1 aliphatic carbocycles. The molecule has 3 aromatic rings. The minimum absolute atomic E-state index is 0.226. The zero-order chi connectivity index (χ0) is 16.5. The van der Waals surface area contributed by atoms with Crippen molar-refractivity contribution in [1.82, 2.24) is 4.98 Å². The first-order valence-electron chi connectivity index (χ1n) is 7.59. The molecule has 3 N–H and O–H groups in total. The van der Waals surface area contributed by atoms with Crippen molar-refractivity contribution in [3.63, 3.8) is 0 Å². The van der Waals surface area contributed by atoms with Crippen LogP contribution in [0.1, 0.15) is 16.7 Å². The molecule has 0 spiro atoms. The molecule has 0 saturated heterocycles. The van der Waals surface area contributed by atoms with Gasteiger partial charge in [-0.1, -0.05) is 12.1 Å². The minimum atomic E-state index is 0.226. The lowest BCUT2D eigenvalue weighted by molar-refractivity contribution is 0.474. The fourth-order valence-electron chi connectivity index (χ4n) is 2.92. The Morgan fingerprint density at radius 1 is 0.958 bits per heavy atom. The predicted octanol–water partition coefficient (Wildman–Crippen LogP) is 3.62. The standard InChI is InChI=1S/C19H15N3O2/c23-15-3-5-17-12(7-15)1-2-13(17)10-21-22-11-14-9-20-19-8-16(24)4-6-18(14)19/h2-11,20,23-24H,1H2/b21-10+,22-11+. The van der Waals surface area contributed by atoms with Crippen molar-refractivity contribution in [3.05, 3.63) is 65.4 Å². The van der Waals surface area contributed by atoms with E-state index in [1.165, 1.54) is 0 Å². The van der Waals surface area contributed by atoms with Crippen molar-refractivity contribution in [1.29, 1.82) is 0 Å². The monoisotopic (exact) mass is 317 g/mol. The van der Waals surface area contributed by atoms with Crippen LogP contribution in [0.25, 0.3) is 16.5 Å². The van der Waals surface area contributed by atoms with E-state index >= 15 is 0 Å². The average Bonchev–Trinajstić information content (AvgIpc) is 3.15. The van der Waals surface area contributed by atoms with Gasteiger partial charge in [0.25, 0.3) is 0 Å². The number of allylic oxidation sites excluding steroid dienone is 2. The van der Waals surface area contributed by atoms with Crippen molar-refractivity contribution in [2.75, 3.05) is 0 Å². The van der Waals surface area contributed by atoms with Crippen molar-refractivity contribution in [3.8, 4) is 11.5 Å². The number of aromatic amines is 1. The molecule has 0 saturated carbocycles. The molecule has 5 nitrogen and oxygen atoms in total. The Bertz CT molecular complexity index is 1010. The van der Waals surface area contributed by atoms with Crippen molar-refractivity contribution < 1.29 is 10.2 Å². The number of fused-ring (bicyclic) bond motifs is 2. The number of hydrogen-bond donors (Lipinski definition) is 3. The summed E-state index contributed by atoms with van der Waals surface area (Å²) in [7, 11) is 0. The Labute approximate surface area is 138 Å². The molecule has 1 aromatic heterocycles. The average molecular weight is 317 g/mol. The number of phenols is 2. The van der Waals surface area contributed by atoms with Gasteiger partial charge in [0.15, 0.2) is 0 Å². The molecule has 4 rings (SSSR count). The number of H-pyrrole nitrogens is 1. The van der Waals surface area contributed by atoms with Crippen LogP contribution < -0.4 is 0 Å². The quantitative estimate of drug-likeness (QED) is 0.509. The molecular weight excluding hydrogens is 302 g/mol. The summed E-state index contributed by atoms with van der Waals surface area (Å²) in [6.45, 7) is 0. The summed E-state index contributed by atoms with van der Waals surface area (Å²) in [5.74, 6) is 0.507. The number of nitrogens with one attached hydrogen (secondary N) is 1. The van der Waals surface area contributed by atoms with Gasteiger partial charge in [0.1, 0.15) is 11.5 Å². The van der Waals surface area contributed by atoms with E-state index in [2.05, 4.69) is 21.3 Å². The smallest absolute Gasteiger partial charge is 0.117 e. The summed E-state index contributed by atoms with van der Waals surface area (Å²) in [5.41, 5.74) is 4.94. The molecule has 0 atom stereocenters. The van der Waals surface area contributed by atoms with Gasteiger partial charge in [-0.15, -0.1) is 0 Å². The number of rotatable bonds is 3. The highest BCUT2D eigenvalue weighted by Crippen LogP contribution is 2.29. The maximum absolute atomic E-state index is 9.51. The summed E-state index contributed by atoms with van der Waals surface area (Å²) in [5, 5.41) is 28.2. The van der Waals surface area contributed by atoms with Crippen LogP contribution in [0.3, 0.4) is 0 Å². The number of phenolic OH excluding ortho intramolecular Hbond substituents is 2. The van der Waals surface area contributed by atoms with E-state index in [9.17, 15) is 10.2 Å². The van der Waals surface area contributed by atoms with Gasteiger partial charge in [0.05, 0.1) is 12.4 Å². The highest BCUT2D eigenvalue weighted by atomic mass is 16.3. The molecule has 118 valence electrons. The van der Waals surface area contributed by atoms with E-state index in [0.717, 1.165) is 39.6 Å². The molecule has 1 aliphatic rings. The summed E-state index contributed by atoms with van der Waals surface area (Å²) in [4.78, 5) is 3.09. The van der Waals surface area contributed by atoms with Gasteiger partial charge in [-0.25, -0.2) is 0 Å². The lowest BCUT2D eigenvalue weighted by Crippen LogP contribution is -1.85. The fourth-order valence-corrected chi connectivity index (χ4v) is 2.92. The van der Waals surface area contributed by atoms with Crippen LogP contribution in [0.2, 0.25) is 0 Å². The van der Waals surface area contributed by atoms with E-state index in [1.54, 1.807) is 36.7 Å². The van der Waals surface area contributed by atoms with Crippen LogP contribution >= 0.6 is 0 Å². The molecule has 0 radical (unpaired) electrons. The predicted molar refractivity (Wildman–Crippen MR) is 95.8 cm³/mol. The molecule has 1 heterocycles. The molecular formula is C19H15N3O2. The third kappa shape index (κ3) is 2.56. The second-order valence-corrected chi connectivity index (χ2v) is 5.67. The molecule has 0 unspecified atom stereocenters. The topological polar surface area (TPSA) is 81.0 Å². The SMILES string of the molecule is Oc1ccc2c(c1)CC=C2/C=N/N=C/c1c[nH]c2cc(O)ccc12. The fraction of sp³-hybridized carbons (Fsp3) is 0.0526. The summed E-state index contributed by atoms with van der Waals surface area (Å²) in [6, 6.07) is 10.5. The normalized spacial score (nSPS) is 13.9. The lowest BCUT2D eigenvalue weighted by Gasteiger charge is -2.00. The first-order chi connectivity index (χ1) is 11.7. The first-order valence-corrected chi connectivity index (χ1v) is 7.59. The highest BCUT2D eigenvalue weighted by molar-refractivity contribution is 6.12. The Balaban J connectivity index is 1.53. The van der Waals surface area contributed by atoms with Crippen LogP contribution in [-0.4, -0.2) is 27.6 Å². The molecule has 0 bridgehead atoms. The van der Waals surface area contributed by atoms with Crippen molar-refractivity contribution >= 4 is 28.9 Å². The number of nitrogens with zero attached hydrogens (tertiary/aromatic N) is 2. The molecule has 5 heteroatoms. The van der Waals surface area contributed by atoms with E-state index in [0.29, 0.717) is 0 Å². The second kappa shape index (κ2) is 5.70. The number of aromatic hydroxyl groups is 2. The van der Waals surface area contributed by atoms with Gasteiger partial charge in [0.2, 0.25) is 0 Å². The Kier molecular flexibility index (Phi) is 3.39. The molecule has 0 fully saturated rings. The third-order valence-corrected chi connectivity index (χ3v) is 4.10. The van der Waals surface area contributed by atoms with Gasteiger partial charge in [-0.3, -0.25) is 0 Å². The van der Waals surface area contributed by atoms with Crippen LogP contribution in [0, 0.1) is 0 Å². The molecule has 0 amide bonds. The number of benzene rings is 2. The Morgan fingerprint density at radius 2 is 1.75 bits per heavy atom. The molecule has 24 heavy (non-hydrogen) atoms. The lowest BCUT2D eigenvalue weighted by atomic mass is 10.1. The van der Waals surface area contributed by atoms with Gasteiger partial charge in [-0.2, -0.15) is 10.2 Å². The summed E-state index contributed by atoms with van der Waals surface area (Å²) in [6.07, 6.45) is 8.09. The largest absolute Gasteiger partial charge is 0.508 e. The number of aromatic nitrogens is 1. The maximum atomic E-state index is 9.51. The van der Waals surface area contributed by atoms with E-state index < -0.39 is 0 Å². The van der Waals surface area contributed by atoms with E-state index in [-0.39, 0.29) is 11.5 Å². The maximum Gasteiger partial charge on any atom is 0.117 e. The Hall–Kier alpha value is -3.34. The summed E-state index contributed by atoms with van der Waals surface area (Å²) >= 11 is 0. The third-order valence-electron chi connectivity index (χ3n) is 4.10. The van der Waals surface area contributed by atoms with Crippen molar-refractivity contribution in [2.24, 2.45) is 10.2 Å². The highest BCUT2D eigenvalue weighted by Gasteiger charge is 2.12. The van der Waals surface area contributed by atoms with Crippen LogP contribution in [0.5, 0.6) is 11.5 Å². The minimum Gasteiger partial charge on any atom is -0.508 e. The molecule has 2 aromatic carbocycles. The Morgan fingerprint density at radius 3 is 2.67 bits per heavy atom. The zero-order valence-corrected chi connectivity index (χ0v) is 12.8. The zero-order valence-electron chi connectivity index (χ0n) is 12.8. The van der Waals surface area contributed by atoms with Gasteiger partial charge in [-0.05, 0) is 47.4 Å². The van der Waals surface area contributed by atoms with Gasteiger partial charge in [0, 0.05) is 28.7 Å². The van der Waals surface area contributed by atoms with Crippen LogP contribution in [-0.2, 0) is 6.42 Å².